The van der Waals surface area contributed by atoms with Gasteiger partial charge >= 0.3 is 5.51 Å². The smallest absolute Gasteiger partial charge is 0.380 e. The average Bonchev–Trinajstić information content (AvgIpc) is 3.91. The number of carbonyl (C=O) groups is 1. The molecule has 4 aromatic rings. The minimum atomic E-state index is -6.08. The third kappa shape index (κ3) is 12.8. The van der Waals surface area contributed by atoms with E-state index in [4.69, 9.17) is 11.6 Å². The van der Waals surface area contributed by atoms with Crippen molar-refractivity contribution in [3.05, 3.63) is 119 Å². The van der Waals surface area contributed by atoms with Crippen LogP contribution >= 0.6 is 23.4 Å². The highest BCUT2D eigenvalue weighted by atomic mass is 35.5. The van der Waals surface area contributed by atoms with Gasteiger partial charge in [-0.05, 0) is 136 Å². The summed E-state index contributed by atoms with van der Waals surface area (Å²) in [6, 6.07) is 22.6. The third-order valence-corrected chi connectivity index (χ3v) is 18.9. The number of carbonyl (C=O) groups excluding carboxylic acids is 1. The fourth-order valence-corrected chi connectivity index (χ4v) is 13.7. The van der Waals surface area contributed by atoms with Gasteiger partial charge in [0.15, 0.2) is 0 Å². The van der Waals surface area contributed by atoms with Gasteiger partial charge in [-0.1, -0.05) is 55.3 Å². The summed E-state index contributed by atoms with van der Waals surface area (Å²) in [4.78, 5) is 21.7. The summed E-state index contributed by atoms with van der Waals surface area (Å²) in [7, 11) is -11.0. The van der Waals surface area contributed by atoms with E-state index in [9.17, 15) is 34.8 Å². The number of rotatable bonds is 16. The van der Waals surface area contributed by atoms with Crippen molar-refractivity contribution in [2.24, 2.45) is 17.3 Å². The van der Waals surface area contributed by atoms with Crippen molar-refractivity contribution < 1.29 is 39.2 Å². The summed E-state index contributed by atoms with van der Waals surface area (Å²) >= 11 is 7.54. The van der Waals surface area contributed by atoms with Crippen LogP contribution in [0, 0.1) is 23.1 Å². The molecule has 19 heteroatoms. The molecule has 390 valence electrons. The number of likely N-dealkylation sites (tertiary alicyclic amines) is 2. The van der Waals surface area contributed by atoms with Crippen molar-refractivity contribution in [2.45, 2.75) is 92.1 Å². The first-order valence-corrected chi connectivity index (χ1v) is 28.9. The van der Waals surface area contributed by atoms with Crippen LogP contribution in [0.25, 0.3) is 5.57 Å². The number of fused-ring (bicyclic) bond motifs is 1. The van der Waals surface area contributed by atoms with Crippen molar-refractivity contribution in [1.29, 1.82) is 0 Å². The Balaban J connectivity index is 0.929. The lowest BCUT2D eigenvalue weighted by Crippen LogP contribution is -2.47. The Morgan fingerprint density at radius 1 is 0.847 bits per heavy atom. The van der Waals surface area contributed by atoms with Gasteiger partial charge in [0, 0.05) is 110 Å². The SMILES string of the molecule is CC1(C)CCC(c2ccc(Cl)cc2F)=C(CN2CCN(c3ccc(C(=O)NS(=O)(=O)c4ccc(N[C@H](CCN5C[C@@H]6CN(C(C)(C)C)C[C@@H]6C5)CSc5ccccc5)c(S(=O)(=O)C(F)(F)F)c4)cc3)CC2)C1. The maximum Gasteiger partial charge on any atom is 0.501 e. The van der Waals surface area contributed by atoms with Gasteiger partial charge in [0.25, 0.3) is 25.8 Å². The molecule has 3 aliphatic heterocycles. The summed E-state index contributed by atoms with van der Waals surface area (Å²) in [6.07, 6.45) is 3.06. The molecule has 0 spiro atoms. The summed E-state index contributed by atoms with van der Waals surface area (Å²) in [5.41, 5.74) is -2.34. The minimum Gasteiger partial charge on any atom is -0.380 e. The molecule has 3 saturated heterocycles. The number of sulfone groups is 1. The number of nitrogens with one attached hydrogen (secondary N) is 2. The molecular weight excluding hydrogens is 1010 g/mol. The van der Waals surface area contributed by atoms with Crippen molar-refractivity contribution >= 4 is 66.1 Å². The number of piperazine rings is 1. The zero-order valence-corrected chi connectivity index (χ0v) is 44.6. The van der Waals surface area contributed by atoms with Gasteiger partial charge in [-0.25, -0.2) is 25.9 Å². The third-order valence-electron chi connectivity index (χ3n) is 14.7. The minimum absolute atomic E-state index is 0.0249. The van der Waals surface area contributed by atoms with Crippen LogP contribution in [0.2, 0.25) is 5.02 Å². The van der Waals surface area contributed by atoms with E-state index in [1.165, 1.54) is 35.5 Å². The van der Waals surface area contributed by atoms with Gasteiger partial charge in [0.2, 0.25) is 0 Å². The maximum atomic E-state index is 15.1. The number of thioether (sulfide) groups is 1. The lowest BCUT2D eigenvalue weighted by atomic mass is 9.72. The van der Waals surface area contributed by atoms with Crippen LogP contribution in [0.3, 0.4) is 0 Å². The summed E-state index contributed by atoms with van der Waals surface area (Å²) in [6.45, 7) is 19.0. The van der Waals surface area contributed by atoms with Gasteiger partial charge in [0.05, 0.1) is 10.6 Å². The second-order valence-electron chi connectivity index (χ2n) is 21.5. The number of alkyl halides is 3. The molecule has 4 aromatic carbocycles. The van der Waals surface area contributed by atoms with E-state index in [-0.39, 0.29) is 28.0 Å². The second-order valence-corrected chi connectivity index (χ2v) is 26.6. The van der Waals surface area contributed by atoms with Crippen molar-refractivity contribution in [2.75, 3.05) is 81.4 Å². The largest absolute Gasteiger partial charge is 0.501 e. The number of amides is 1. The van der Waals surface area contributed by atoms with E-state index in [1.54, 1.807) is 24.3 Å². The van der Waals surface area contributed by atoms with E-state index >= 15 is 4.39 Å². The van der Waals surface area contributed by atoms with Gasteiger partial charge in [-0.3, -0.25) is 14.6 Å². The van der Waals surface area contributed by atoms with Gasteiger partial charge < -0.3 is 15.1 Å². The predicted octanol–water partition coefficient (Wildman–Crippen LogP) is 10.3. The fourth-order valence-electron chi connectivity index (χ4n) is 10.5. The number of halogens is 5. The number of hydrogen-bond donors (Lipinski definition) is 2. The number of sulfonamides is 1. The highest BCUT2D eigenvalue weighted by Crippen LogP contribution is 2.44. The molecule has 3 fully saturated rings. The molecule has 8 rings (SSSR count). The Hall–Kier alpha value is -4.17. The number of nitrogens with zero attached hydrogens (tertiary/aromatic N) is 4. The molecule has 4 aliphatic rings. The van der Waals surface area contributed by atoms with E-state index in [0.29, 0.717) is 66.8 Å². The van der Waals surface area contributed by atoms with E-state index < -0.39 is 47.1 Å². The molecule has 11 nitrogen and oxygen atoms in total. The molecule has 1 aliphatic carbocycles. The second kappa shape index (κ2) is 21.6. The molecule has 3 atom stereocenters. The van der Waals surface area contributed by atoms with E-state index in [0.717, 1.165) is 86.8 Å². The first kappa shape index (κ1) is 54.1. The molecule has 2 N–H and O–H groups in total. The van der Waals surface area contributed by atoms with Gasteiger partial charge in [0.1, 0.15) is 10.7 Å². The molecule has 0 unspecified atom stereocenters. The highest BCUT2D eigenvalue weighted by Gasteiger charge is 2.49. The molecule has 0 saturated carbocycles. The predicted molar refractivity (Wildman–Crippen MR) is 279 cm³/mol. The topological polar surface area (TPSA) is 122 Å². The first-order valence-electron chi connectivity index (χ1n) is 24.5. The van der Waals surface area contributed by atoms with Crippen LogP contribution in [-0.2, 0) is 19.9 Å². The van der Waals surface area contributed by atoms with E-state index in [2.05, 4.69) is 59.5 Å². The van der Waals surface area contributed by atoms with Gasteiger partial charge in [-0.2, -0.15) is 13.2 Å². The van der Waals surface area contributed by atoms with Crippen LogP contribution < -0.4 is 14.9 Å². The van der Waals surface area contributed by atoms with Crippen LogP contribution in [0.4, 0.5) is 28.9 Å². The van der Waals surface area contributed by atoms with Crippen LogP contribution in [0.1, 0.15) is 76.2 Å². The maximum absolute atomic E-state index is 15.1. The Morgan fingerprint density at radius 2 is 1.51 bits per heavy atom. The normalized spacial score (nSPS) is 20.9. The standard InChI is InChI=1S/C53H65ClF4N6O5S3/c1-51(2,3)64-33-38-31-62(32-39(38)34-64)22-20-41(35-70-43-9-7-6-8-10-43)59-48-18-16-44(28-49(48)71(66,67)53(56,57)58)72(68,69)60-50(65)36-11-14-42(15-12-36)63-25-23-61(24-26-63)30-37-29-52(4,5)21-19-45(37)46-17-13-40(54)27-47(46)55/h6-18,27-28,38-39,41,59H,19-26,29-35H2,1-5H3,(H,60,65)/t38-,39+,41-/m1/s1. The zero-order chi connectivity index (χ0) is 51.8. The van der Waals surface area contributed by atoms with Gasteiger partial charge in [-0.15, -0.1) is 11.8 Å². The quantitative estimate of drug-likeness (QED) is 0.0824. The molecular formula is C53H65ClF4N6O5S3. The lowest BCUT2D eigenvalue weighted by molar-refractivity contribution is -0.0435. The number of allylic oxidation sites excluding steroid dienone is 1. The Labute approximate surface area is 431 Å². The molecule has 0 bridgehead atoms. The average molecular weight is 1070 g/mol. The number of anilines is 2. The number of hydrogen-bond acceptors (Lipinski definition) is 11. The fraction of sp³-hybridized carbons (Fsp3) is 0.491. The van der Waals surface area contributed by atoms with Crippen molar-refractivity contribution in [1.82, 2.24) is 19.4 Å². The zero-order valence-electron chi connectivity index (χ0n) is 41.4. The molecule has 72 heavy (non-hydrogen) atoms. The highest BCUT2D eigenvalue weighted by molar-refractivity contribution is 7.99. The summed E-state index contributed by atoms with van der Waals surface area (Å²) in [5, 5.41) is 3.43. The Bertz CT molecular complexity index is 2840. The van der Waals surface area contributed by atoms with E-state index in [1.807, 2.05) is 35.1 Å². The van der Waals surface area contributed by atoms with Crippen molar-refractivity contribution in [3.8, 4) is 0 Å². The monoisotopic (exact) mass is 1070 g/mol. The summed E-state index contributed by atoms with van der Waals surface area (Å²) < 4.78 is 114. The Morgan fingerprint density at radius 3 is 2.14 bits per heavy atom. The first-order chi connectivity index (χ1) is 33.8. The molecule has 3 heterocycles. The van der Waals surface area contributed by atoms with Crippen molar-refractivity contribution in [3.63, 3.8) is 0 Å². The molecule has 0 aromatic heterocycles. The lowest BCUT2D eigenvalue weighted by Gasteiger charge is -2.39. The summed E-state index contributed by atoms with van der Waals surface area (Å²) in [5.74, 6) is 0.0364. The Kier molecular flexibility index (Phi) is 16.2. The molecule has 0 radical (unpaired) electrons. The molecule has 1 amide bonds. The van der Waals surface area contributed by atoms with Crippen LogP contribution in [-0.4, -0.2) is 126 Å². The van der Waals surface area contributed by atoms with Crippen LogP contribution in [0.15, 0.2) is 111 Å². The number of benzene rings is 4. The van der Waals surface area contributed by atoms with Crippen LogP contribution in [0.5, 0.6) is 0 Å².